The lowest BCUT2D eigenvalue weighted by Gasteiger charge is -2.11. The van der Waals surface area contributed by atoms with Crippen molar-refractivity contribution in [2.24, 2.45) is 0 Å². The lowest BCUT2D eigenvalue weighted by atomic mass is 10.1. The zero-order valence-corrected chi connectivity index (χ0v) is 17.0. The number of benzene rings is 2. The topological polar surface area (TPSA) is 99.8 Å². The first-order chi connectivity index (χ1) is 16.0. The van der Waals surface area contributed by atoms with Crippen molar-refractivity contribution in [1.29, 1.82) is 0 Å². The maximum Gasteiger partial charge on any atom is 0.261 e. The van der Waals surface area contributed by atoms with Crippen LogP contribution in [0.5, 0.6) is 0 Å². The number of para-hydroxylation sites is 2. The highest BCUT2D eigenvalue weighted by Gasteiger charge is 2.21. The smallest absolute Gasteiger partial charge is 0.261 e. The van der Waals surface area contributed by atoms with E-state index in [2.05, 4.69) is 25.8 Å². The van der Waals surface area contributed by atoms with Gasteiger partial charge in [-0.15, -0.1) is 0 Å². The van der Waals surface area contributed by atoms with Gasteiger partial charge in [-0.25, -0.2) is 8.78 Å². The van der Waals surface area contributed by atoms with E-state index in [0.29, 0.717) is 11.4 Å². The van der Waals surface area contributed by atoms with Crippen LogP contribution in [-0.4, -0.2) is 27.0 Å². The first kappa shape index (κ1) is 21.6. The average molecular weight is 445 g/mol. The third-order valence-corrected chi connectivity index (χ3v) is 4.59. The Morgan fingerprint density at radius 1 is 0.848 bits per heavy atom. The number of aromatic nitrogens is 3. The van der Waals surface area contributed by atoms with Gasteiger partial charge in [0.1, 0.15) is 17.2 Å². The van der Waals surface area contributed by atoms with E-state index in [-0.39, 0.29) is 16.9 Å². The van der Waals surface area contributed by atoms with Crippen LogP contribution >= 0.6 is 0 Å². The summed E-state index contributed by atoms with van der Waals surface area (Å²) in [5.74, 6) is -3.10. The van der Waals surface area contributed by atoms with Crippen LogP contribution in [0.1, 0.15) is 5.69 Å². The lowest BCUT2D eigenvalue weighted by molar-refractivity contribution is -0.118. The summed E-state index contributed by atoms with van der Waals surface area (Å²) in [6, 6.07) is 16.2. The number of carbonyl (C=O) groups is 2. The molecule has 0 saturated carbocycles. The summed E-state index contributed by atoms with van der Waals surface area (Å²) >= 11 is 0. The summed E-state index contributed by atoms with van der Waals surface area (Å²) in [4.78, 5) is 29.9. The Balaban J connectivity index is 1.67. The molecule has 164 valence electrons. The second kappa shape index (κ2) is 9.65. The van der Waals surface area contributed by atoms with E-state index in [9.17, 15) is 18.4 Å². The van der Waals surface area contributed by atoms with E-state index in [1.54, 1.807) is 30.6 Å². The molecule has 4 aromatic rings. The second-order valence-corrected chi connectivity index (χ2v) is 6.88. The molecule has 0 aliphatic rings. The number of H-pyrrole nitrogens is 1. The fraction of sp³-hybridized carbons (Fsp3) is 0. The SMILES string of the molecule is O=C(Nc1ccccc1F)C(=Cc1cc(-c2cccnc2)n[nH]1)C(=O)Nc1ccccc1F. The van der Waals surface area contributed by atoms with E-state index in [1.165, 1.54) is 54.6 Å². The largest absolute Gasteiger partial charge is 0.319 e. The van der Waals surface area contributed by atoms with Crippen molar-refractivity contribution in [2.45, 2.75) is 0 Å². The molecular weight excluding hydrogens is 428 g/mol. The second-order valence-electron chi connectivity index (χ2n) is 6.88. The van der Waals surface area contributed by atoms with Gasteiger partial charge in [0.05, 0.1) is 22.8 Å². The van der Waals surface area contributed by atoms with Gasteiger partial charge >= 0.3 is 0 Å². The van der Waals surface area contributed by atoms with Crippen LogP contribution < -0.4 is 10.6 Å². The number of halogens is 2. The molecule has 0 spiro atoms. The van der Waals surface area contributed by atoms with Crippen molar-refractivity contribution in [2.75, 3.05) is 10.6 Å². The van der Waals surface area contributed by atoms with Crippen LogP contribution in [0.25, 0.3) is 17.3 Å². The summed E-state index contributed by atoms with van der Waals surface area (Å²) in [6.07, 6.45) is 4.48. The molecule has 4 rings (SSSR count). The molecule has 2 aromatic heterocycles. The van der Waals surface area contributed by atoms with Crippen molar-refractivity contribution >= 4 is 29.3 Å². The predicted molar refractivity (Wildman–Crippen MR) is 120 cm³/mol. The van der Waals surface area contributed by atoms with Gasteiger partial charge in [0.2, 0.25) is 0 Å². The van der Waals surface area contributed by atoms with E-state index in [0.717, 1.165) is 5.56 Å². The molecule has 0 radical (unpaired) electrons. The number of pyridine rings is 1. The fourth-order valence-electron chi connectivity index (χ4n) is 2.97. The third kappa shape index (κ3) is 5.16. The highest BCUT2D eigenvalue weighted by Crippen LogP contribution is 2.20. The normalized spacial score (nSPS) is 10.4. The van der Waals surface area contributed by atoms with Gasteiger partial charge in [0.15, 0.2) is 0 Å². The van der Waals surface area contributed by atoms with Crippen molar-refractivity contribution in [3.8, 4) is 11.3 Å². The number of hydrogen-bond donors (Lipinski definition) is 3. The zero-order valence-electron chi connectivity index (χ0n) is 17.0. The van der Waals surface area contributed by atoms with Crippen LogP contribution in [0.15, 0.2) is 84.7 Å². The molecule has 0 atom stereocenters. The number of carbonyl (C=O) groups excluding carboxylic acids is 2. The van der Waals surface area contributed by atoms with Gasteiger partial charge < -0.3 is 10.6 Å². The minimum absolute atomic E-state index is 0.104. The number of hydrogen-bond acceptors (Lipinski definition) is 4. The van der Waals surface area contributed by atoms with Gasteiger partial charge in [-0.1, -0.05) is 24.3 Å². The number of aromatic amines is 1. The number of rotatable bonds is 6. The monoisotopic (exact) mass is 445 g/mol. The fourth-order valence-corrected chi connectivity index (χ4v) is 2.97. The third-order valence-electron chi connectivity index (χ3n) is 4.59. The molecule has 0 aliphatic heterocycles. The summed E-state index contributed by atoms with van der Waals surface area (Å²) in [6.45, 7) is 0. The Hall–Kier alpha value is -4.66. The Bertz CT molecular complexity index is 1270. The van der Waals surface area contributed by atoms with E-state index in [1.807, 2.05) is 0 Å². The molecule has 0 saturated heterocycles. The summed E-state index contributed by atoms with van der Waals surface area (Å²) in [5, 5.41) is 11.6. The molecule has 3 N–H and O–H groups in total. The van der Waals surface area contributed by atoms with Crippen LogP contribution in [-0.2, 0) is 9.59 Å². The quantitative estimate of drug-likeness (QED) is 0.233. The zero-order chi connectivity index (χ0) is 23.2. The van der Waals surface area contributed by atoms with E-state index >= 15 is 0 Å². The van der Waals surface area contributed by atoms with Crippen molar-refractivity contribution in [1.82, 2.24) is 15.2 Å². The van der Waals surface area contributed by atoms with Crippen molar-refractivity contribution in [3.63, 3.8) is 0 Å². The van der Waals surface area contributed by atoms with Gasteiger partial charge in [-0.05, 0) is 48.5 Å². The highest BCUT2D eigenvalue weighted by molar-refractivity contribution is 6.28. The molecule has 0 fully saturated rings. The standard InChI is InChI=1S/C24H17F2N5O2/c25-18-7-1-3-9-20(18)28-23(32)17(24(33)29-21-10-4-2-8-19(21)26)12-16-13-22(31-30-16)15-6-5-11-27-14-15/h1-14H,(H,28,32)(H,29,33)(H,30,31). The highest BCUT2D eigenvalue weighted by atomic mass is 19.1. The number of anilines is 2. The van der Waals surface area contributed by atoms with E-state index < -0.39 is 23.4 Å². The predicted octanol–water partition coefficient (Wildman–Crippen LogP) is 4.41. The van der Waals surface area contributed by atoms with Crippen molar-refractivity contribution < 1.29 is 18.4 Å². The van der Waals surface area contributed by atoms with Crippen LogP contribution in [0, 0.1) is 11.6 Å². The lowest BCUT2D eigenvalue weighted by Crippen LogP contribution is -2.26. The Morgan fingerprint density at radius 2 is 1.45 bits per heavy atom. The molecule has 2 heterocycles. The first-order valence-electron chi connectivity index (χ1n) is 9.80. The molecule has 2 amide bonds. The average Bonchev–Trinajstić information content (AvgIpc) is 3.30. The Kier molecular flexibility index (Phi) is 6.31. The van der Waals surface area contributed by atoms with Gasteiger partial charge in [0.25, 0.3) is 11.8 Å². The molecule has 0 unspecified atom stereocenters. The minimum atomic E-state index is -0.883. The molecule has 0 aliphatic carbocycles. The molecule has 7 nitrogen and oxygen atoms in total. The summed E-state index contributed by atoms with van der Waals surface area (Å²) in [7, 11) is 0. The molecular formula is C24H17F2N5O2. The van der Waals surface area contributed by atoms with Crippen LogP contribution in [0.4, 0.5) is 20.2 Å². The number of nitrogens with one attached hydrogen (secondary N) is 3. The first-order valence-corrected chi connectivity index (χ1v) is 9.80. The summed E-state index contributed by atoms with van der Waals surface area (Å²) in [5.41, 5.74) is 0.999. The maximum atomic E-state index is 14.0. The van der Waals surface area contributed by atoms with E-state index in [4.69, 9.17) is 0 Å². The molecule has 2 aromatic carbocycles. The maximum absolute atomic E-state index is 14.0. The minimum Gasteiger partial charge on any atom is -0.319 e. The number of amides is 2. The van der Waals surface area contributed by atoms with Gasteiger partial charge in [-0.3, -0.25) is 19.7 Å². The molecule has 9 heteroatoms. The van der Waals surface area contributed by atoms with Crippen molar-refractivity contribution in [3.05, 3.63) is 102 Å². The molecule has 33 heavy (non-hydrogen) atoms. The Labute approximate surface area is 187 Å². The van der Waals surface area contributed by atoms with Gasteiger partial charge in [-0.2, -0.15) is 5.10 Å². The number of nitrogens with zero attached hydrogens (tertiary/aromatic N) is 2. The molecule has 0 bridgehead atoms. The summed E-state index contributed by atoms with van der Waals surface area (Å²) < 4.78 is 28.1. The van der Waals surface area contributed by atoms with Gasteiger partial charge in [0, 0.05) is 18.0 Å². The van der Waals surface area contributed by atoms with Crippen LogP contribution in [0.2, 0.25) is 0 Å². The van der Waals surface area contributed by atoms with Crippen LogP contribution in [0.3, 0.4) is 0 Å². The Morgan fingerprint density at radius 3 is 2.00 bits per heavy atom.